The average Bonchev–Trinajstić information content (AvgIpc) is 3.54. The second-order valence-electron chi connectivity index (χ2n) is 9.10. The van der Waals surface area contributed by atoms with Crippen molar-refractivity contribution in [2.75, 3.05) is 13.2 Å². The number of ether oxygens (including phenoxy) is 2. The van der Waals surface area contributed by atoms with Crippen LogP contribution in [0.3, 0.4) is 0 Å². The largest absolute Gasteiger partial charge is 0.490 e. The zero-order chi connectivity index (χ0) is 22.3. The van der Waals surface area contributed by atoms with Gasteiger partial charge in [-0.25, -0.2) is 19.4 Å². The number of aliphatic imine (C=N–C) groups is 1. The van der Waals surface area contributed by atoms with Gasteiger partial charge < -0.3 is 14.5 Å². The highest BCUT2D eigenvalue weighted by atomic mass is 19.1. The molecule has 2 aromatic heterocycles. The van der Waals surface area contributed by atoms with Crippen molar-refractivity contribution in [2.45, 2.75) is 44.6 Å². The Morgan fingerprint density at radius 1 is 1.34 bits per heavy atom. The number of hydrogen-bond acceptors (Lipinski definition) is 6. The molecule has 3 heterocycles. The van der Waals surface area contributed by atoms with Crippen LogP contribution in [-0.2, 0) is 4.74 Å². The van der Waals surface area contributed by atoms with Crippen LogP contribution in [0.5, 0.6) is 5.75 Å². The summed E-state index contributed by atoms with van der Waals surface area (Å²) in [5.41, 5.74) is 2.10. The third-order valence-corrected chi connectivity index (χ3v) is 5.90. The number of hydrogen-bond donors (Lipinski definition) is 1. The van der Waals surface area contributed by atoms with Crippen LogP contribution >= 0.6 is 0 Å². The smallest absolute Gasteiger partial charge is 0.164 e. The van der Waals surface area contributed by atoms with Crippen molar-refractivity contribution in [2.24, 2.45) is 10.4 Å². The van der Waals surface area contributed by atoms with Gasteiger partial charge in [0.25, 0.3) is 0 Å². The summed E-state index contributed by atoms with van der Waals surface area (Å²) in [6.07, 6.45) is 5.29. The molecular weight excluding hydrogens is 409 g/mol. The Morgan fingerprint density at radius 2 is 2.19 bits per heavy atom. The van der Waals surface area contributed by atoms with Crippen LogP contribution in [-0.4, -0.2) is 40.5 Å². The molecule has 3 aromatic rings. The van der Waals surface area contributed by atoms with Crippen LogP contribution in [0, 0.1) is 22.6 Å². The maximum Gasteiger partial charge on any atom is 0.164 e. The summed E-state index contributed by atoms with van der Waals surface area (Å²) in [5.74, 6) is 0.984. The Morgan fingerprint density at radius 3 is 2.97 bits per heavy atom. The summed E-state index contributed by atoms with van der Waals surface area (Å²) in [6.45, 7) is 4.14. The molecule has 2 atom stereocenters. The lowest BCUT2D eigenvalue weighted by molar-refractivity contribution is -0.0180. The number of nitrogens with zero attached hydrogens (tertiary/aromatic N) is 4. The highest BCUT2D eigenvalue weighted by Gasteiger charge is 2.33. The van der Waals surface area contributed by atoms with Crippen LogP contribution in [0.25, 0.3) is 11.0 Å². The predicted molar refractivity (Wildman–Crippen MR) is 118 cm³/mol. The van der Waals surface area contributed by atoms with E-state index in [0.717, 1.165) is 16.6 Å². The van der Waals surface area contributed by atoms with E-state index in [4.69, 9.17) is 14.5 Å². The molecule has 0 saturated heterocycles. The Balaban J connectivity index is 1.47. The fourth-order valence-corrected chi connectivity index (χ4v) is 3.88. The van der Waals surface area contributed by atoms with E-state index in [1.807, 2.05) is 13.8 Å². The maximum absolute atomic E-state index is 13.8. The minimum atomic E-state index is -0.631. The third-order valence-electron chi connectivity index (χ3n) is 5.90. The van der Waals surface area contributed by atoms with Crippen molar-refractivity contribution in [3.8, 4) is 11.8 Å². The standard InChI is InChI=1S/C24H24FN5O2/c1-24(2,11-26)12-32-21-10-31-20-7-15(25)5-6-16(20)18(21)9-27-22-17-8-19(14-3-4-14)30-23(17)29-13-28-22/h5-9,13-14,18,21H,3-4,10,12H2,1-2H3,(H,28,29,30)/t18?,21-/m0/s1. The molecule has 7 nitrogen and oxygen atoms in total. The number of halogens is 1. The van der Waals surface area contributed by atoms with E-state index in [-0.39, 0.29) is 31.1 Å². The average molecular weight is 433 g/mol. The number of nitriles is 1. The van der Waals surface area contributed by atoms with Crippen LogP contribution in [0.2, 0.25) is 0 Å². The van der Waals surface area contributed by atoms with Gasteiger partial charge in [0.05, 0.1) is 29.4 Å². The second-order valence-corrected chi connectivity index (χ2v) is 9.10. The first-order valence-corrected chi connectivity index (χ1v) is 10.8. The van der Waals surface area contributed by atoms with Crippen LogP contribution in [0.15, 0.2) is 35.6 Å². The molecule has 2 aliphatic rings. The number of rotatable bonds is 6. The van der Waals surface area contributed by atoms with Gasteiger partial charge in [-0.2, -0.15) is 5.26 Å². The van der Waals surface area contributed by atoms with Crippen LogP contribution in [0.1, 0.15) is 49.8 Å². The summed E-state index contributed by atoms with van der Waals surface area (Å²) in [5, 5.41) is 10.2. The lowest BCUT2D eigenvalue weighted by Crippen LogP contribution is -2.36. The van der Waals surface area contributed by atoms with Gasteiger partial charge in [-0.15, -0.1) is 0 Å². The zero-order valence-corrected chi connectivity index (χ0v) is 18.0. The molecular formula is C24H24FN5O2. The van der Waals surface area contributed by atoms with Crippen molar-refractivity contribution in [1.82, 2.24) is 15.0 Å². The molecule has 1 N–H and O–H groups in total. The van der Waals surface area contributed by atoms with Gasteiger partial charge in [-0.05, 0) is 44.7 Å². The summed E-state index contributed by atoms with van der Waals surface area (Å²) in [7, 11) is 0. The summed E-state index contributed by atoms with van der Waals surface area (Å²) in [6, 6.07) is 8.81. The Bertz CT molecular complexity index is 1220. The summed E-state index contributed by atoms with van der Waals surface area (Å²) >= 11 is 0. The quantitative estimate of drug-likeness (QED) is 0.564. The number of benzene rings is 1. The van der Waals surface area contributed by atoms with E-state index in [1.54, 1.807) is 12.3 Å². The number of aromatic nitrogens is 3. The summed E-state index contributed by atoms with van der Waals surface area (Å²) < 4.78 is 25.6. The lowest BCUT2D eigenvalue weighted by Gasteiger charge is -2.32. The number of H-pyrrole nitrogens is 1. The van der Waals surface area contributed by atoms with Crippen LogP contribution in [0.4, 0.5) is 10.2 Å². The molecule has 0 amide bonds. The van der Waals surface area contributed by atoms with E-state index >= 15 is 0 Å². The van der Waals surface area contributed by atoms with E-state index in [9.17, 15) is 9.65 Å². The first kappa shape index (κ1) is 20.6. The van der Waals surface area contributed by atoms with Gasteiger partial charge >= 0.3 is 0 Å². The fourth-order valence-electron chi connectivity index (χ4n) is 3.88. The normalized spacial score (nSPS) is 20.8. The monoisotopic (exact) mass is 433 g/mol. The van der Waals surface area contributed by atoms with Gasteiger partial charge in [-0.1, -0.05) is 6.07 Å². The van der Waals surface area contributed by atoms with Crippen LogP contribution < -0.4 is 4.74 Å². The molecule has 8 heteroatoms. The van der Waals surface area contributed by atoms with E-state index in [0.29, 0.717) is 17.5 Å². The van der Waals surface area contributed by atoms with Gasteiger partial charge in [0, 0.05) is 23.5 Å². The molecule has 1 unspecified atom stereocenters. The highest BCUT2D eigenvalue weighted by molar-refractivity contribution is 5.88. The molecule has 0 radical (unpaired) electrons. The minimum Gasteiger partial charge on any atom is -0.490 e. The van der Waals surface area contributed by atoms with Gasteiger partial charge in [0.1, 0.15) is 36.3 Å². The third kappa shape index (κ3) is 4.08. The number of fused-ring (bicyclic) bond motifs is 2. The summed E-state index contributed by atoms with van der Waals surface area (Å²) in [4.78, 5) is 16.8. The first-order chi connectivity index (χ1) is 15.4. The van der Waals surface area contributed by atoms with E-state index in [2.05, 4.69) is 27.1 Å². The van der Waals surface area contributed by atoms with Crippen molar-refractivity contribution in [1.29, 1.82) is 5.26 Å². The van der Waals surface area contributed by atoms with Crippen molar-refractivity contribution in [3.63, 3.8) is 0 Å². The van der Waals surface area contributed by atoms with Crippen molar-refractivity contribution >= 4 is 23.1 Å². The van der Waals surface area contributed by atoms with Crippen molar-refractivity contribution in [3.05, 3.63) is 47.7 Å². The molecule has 0 bridgehead atoms. The van der Waals surface area contributed by atoms with Gasteiger partial charge in [0.2, 0.25) is 0 Å². The fraction of sp³-hybridized carbons (Fsp3) is 0.417. The topological polar surface area (TPSA) is 96.2 Å². The van der Waals surface area contributed by atoms with E-state index < -0.39 is 5.41 Å². The molecule has 1 aliphatic carbocycles. The molecule has 1 fully saturated rings. The number of aromatic amines is 1. The lowest BCUT2D eigenvalue weighted by atomic mass is 9.91. The molecule has 1 aliphatic heterocycles. The second kappa shape index (κ2) is 7.99. The molecule has 32 heavy (non-hydrogen) atoms. The zero-order valence-electron chi connectivity index (χ0n) is 18.0. The van der Waals surface area contributed by atoms with Gasteiger partial charge in [0.15, 0.2) is 5.82 Å². The molecule has 1 aromatic carbocycles. The molecule has 5 rings (SSSR count). The molecule has 0 spiro atoms. The molecule has 164 valence electrons. The Labute approximate surface area is 185 Å². The Kier molecular flexibility index (Phi) is 5.14. The Hall–Kier alpha value is -3.31. The SMILES string of the molecule is CC(C)(C#N)CO[C@H]1COc2cc(F)ccc2C1C=Nc1ncnc2[nH]c(C3CC3)cc12. The first-order valence-electron chi connectivity index (χ1n) is 10.8. The van der Waals surface area contributed by atoms with Gasteiger partial charge in [-0.3, -0.25) is 0 Å². The maximum atomic E-state index is 13.8. The van der Waals surface area contributed by atoms with Crippen molar-refractivity contribution < 1.29 is 13.9 Å². The predicted octanol–water partition coefficient (Wildman–Crippen LogP) is 4.79. The van der Waals surface area contributed by atoms with E-state index in [1.165, 1.54) is 37.0 Å². The number of nitrogens with one attached hydrogen (secondary N) is 1. The highest BCUT2D eigenvalue weighted by Crippen LogP contribution is 2.41. The minimum absolute atomic E-state index is 0.240. The molecule has 1 saturated carbocycles.